The monoisotopic (exact) mass is 281 g/mol. The van der Waals surface area contributed by atoms with Gasteiger partial charge in [-0.3, -0.25) is 0 Å². The van der Waals surface area contributed by atoms with Gasteiger partial charge in [-0.15, -0.1) is 22.9 Å². The summed E-state index contributed by atoms with van der Waals surface area (Å²) < 4.78 is 1.19. The van der Waals surface area contributed by atoms with Crippen molar-refractivity contribution in [2.45, 2.75) is 13.5 Å². The second kappa shape index (κ2) is 6.02. The number of thiophene rings is 1. The fraction of sp³-hybridized carbons (Fsp3) is 0.556. The van der Waals surface area contributed by atoms with Crippen LogP contribution < -0.4 is 5.32 Å². The maximum Gasteiger partial charge on any atom is 0.0701 e. The van der Waals surface area contributed by atoms with E-state index in [1.54, 1.807) is 11.3 Å². The number of alkyl halides is 1. The van der Waals surface area contributed by atoms with Crippen molar-refractivity contribution in [1.29, 1.82) is 0 Å². The molecule has 1 heterocycles. The van der Waals surface area contributed by atoms with Gasteiger partial charge in [-0.25, -0.2) is 0 Å². The topological polar surface area (TPSA) is 12.0 Å². The zero-order valence-electron chi connectivity index (χ0n) is 7.52. The van der Waals surface area contributed by atoms with Gasteiger partial charge in [0.2, 0.25) is 0 Å². The first-order valence-corrected chi connectivity index (χ1v) is 6.37. The van der Waals surface area contributed by atoms with Crippen molar-refractivity contribution in [3.05, 3.63) is 20.8 Å². The molecular formula is C9H13BrClNS. The van der Waals surface area contributed by atoms with Gasteiger partial charge in [0.05, 0.1) is 3.79 Å². The molecule has 1 aromatic heterocycles. The molecule has 13 heavy (non-hydrogen) atoms. The molecule has 1 nitrogen and oxygen atoms in total. The molecule has 0 aliphatic heterocycles. The molecule has 0 spiro atoms. The summed E-state index contributed by atoms with van der Waals surface area (Å²) in [4.78, 5) is 1.36. The Morgan fingerprint density at radius 2 is 2.38 bits per heavy atom. The average molecular weight is 283 g/mol. The van der Waals surface area contributed by atoms with E-state index in [2.05, 4.69) is 40.3 Å². The summed E-state index contributed by atoms with van der Waals surface area (Å²) in [6.07, 6.45) is 0. The molecule has 4 heteroatoms. The van der Waals surface area contributed by atoms with Gasteiger partial charge in [-0.2, -0.15) is 0 Å². The van der Waals surface area contributed by atoms with E-state index >= 15 is 0 Å². The van der Waals surface area contributed by atoms with Gasteiger partial charge in [-0.05, 0) is 40.5 Å². The minimum atomic E-state index is 0.546. The van der Waals surface area contributed by atoms with Crippen molar-refractivity contribution in [1.82, 2.24) is 5.32 Å². The number of hydrogen-bond donors (Lipinski definition) is 1. The van der Waals surface area contributed by atoms with Gasteiger partial charge < -0.3 is 5.32 Å². The van der Waals surface area contributed by atoms with Crippen LogP contribution in [-0.4, -0.2) is 12.4 Å². The molecule has 0 fully saturated rings. The molecule has 0 saturated heterocycles. The van der Waals surface area contributed by atoms with Crippen LogP contribution in [0, 0.1) is 5.92 Å². The third-order valence-corrected chi connectivity index (χ3v) is 3.83. The molecule has 0 bridgehead atoms. The third-order valence-electron chi connectivity index (χ3n) is 1.68. The molecule has 74 valence electrons. The first-order chi connectivity index (χ1) is 6.22. The van der Waals surface area contributed by atoms with Gasteiger partial charge in [0.25, 0.3) is 0 Å². The molecule has 0 aliphatic rings. The Morgan fingerprint density at radius 1 is 1.62 bits per heavy atom. The lowest BCUT2D eigenvalue weighted by atomic mass is 10.2. The van der Waals surface area contributed by atoms with Crippen LogP contribution in [0.1, 0.15) is 11.8 Å². The Hall–Kier alpha value is 0.430. The smallest absolute Gasteiger partial charge is 0.0701 e. The second-order valence-corrected chi connectivity index (χ2v) is 5.95. The summed E-state index contributed by atoms with van der Waals surface area (Å²) in [5.41, 5.74) is 0. The number of rotatable bonds is 5. The minimum absolute atomic E-state index is 0.546. The lowest BCUT2D eigenvalue weighted by Crippen LogP contribution is -2.20. The van der Waals surface area contributed by atoms with Crippen molar-refractivity contribution in [2.75, 3.05) is 12.4 Å². The minimum Gasteiger partial charge on any atom is -0.312 e. The van der Waals surface area contributed by atoms with Crippen LogP contribution in [0.5, 0.6) is 0 Å². The first kappa shape index (κ1) is 11.5. The van der Waals surface area contributed by atoms with Crippen LogP contribution in [0.2, 0.25) is 0 Å². The van der Waals surface area contributed by atoms with Crippen molar-refractivity contribution in [2.24, 2.45) is 5.92 Å². The predicted octanol–water partition coefficient (Wildman–Crippen LogP) is 3.48. The number of nitrogens with one attached hydrogen (secondary N) is 1. The van der Waals surface area contributed by atoms with Crippen LogP contribution in [0.15, 0.2) is 15.9 Å². The van der Waals surface area contributed by atoms with E-state index in [-0.39, 0.29) is 0 Å². The summed E-state index contributed by atoms with van der Waals surface area (Å²) in [6, 6.07) is 4.21. The quantitative estimate of drug-likeness (QED) is 0.816. The lowest BCUT2D eigenvalue weighted by Gasteiger charge is -2.07. The third kappa shape index (κ3) is 4.45. The summed E-state index contributed by atoms with van der Waals surface area (Å²) >= 11 is 10.9. The van der Waals surface area contributed by atoms with Gasteiger partial charge in [-0.1, -0.05) is 6.92 Å². The van der Waals surface area contributed by atoms with Gasteiger partial charge >= 0.3 is 0 Å². The Morgan fingerprint density at radius 3 is 2.92 bits per heavy atom. The zero-order chi connectivity index (χ0) is 9.68. The highest BCUT2D eigenvalue weighted by atomic mass is 79.9. The van der Waals surface area contributed by atoms with E-state index in [1.165, 1.54) is 8.66 Å². The fourth-order valence-corrected chi connectivity index (χ4v) is 2.50. The van der Waals surface area contributed by atoms with Crippen LogP contribution >= 0.6 is 38.9 Å². The number of hydrogen-bond acceptors (Lipinski definition) is 2. The summed E-state index contributed by atoms with van der Waals surface area (Å²) in [5, 5.41) is 3.37. The van der Waals surface area contributed by atoms with Gasteiger partial charge in [0.1, 0.15) is 0 Å². The normalized spacial score (nSPS) is 13.2. The van der Waals surface area contributed by atoms with Crippen molar-refractivity contribution in [3.63, 3.8) is 0 Å². The Labute approximate surface area is 96.6 Å². The molecule has 0 aliphatic carbocycles. The second-order valence-electron chi connectivity index (χ2n) is 3.10. The maximum atomic E-state index is 5.69. The van der Waals surface area contributed by atoms with E-state index in [9.17, 15) is 0 Å². The molecule has 1 rings (SSSR count). The van der Waals surface area contributed by atoms with Crippen LogP contribution in [-0.2, 0) is 6.54 Å². The average Bonchev–Trinajstić information content (AvgIpc) is 2.51. The SMILES string of the molecule is CC(CCl)CNCc1ccc(Br)s1. The molecule has 0 radical (unpaired) electrons. The Bertz CT molecular complexity index is 252. The molecule has 1 atom stereocenters. The summed E-state index contributed by atoms with van der Waals surface area (Å²) in [7, 11) is 0. The van der Waals surface area contributed by atoms with Crippen LogP contribution in [0.3, 0.4) is 0 Å². The van der Waals surface area contributed by atoms with E-state index in [4.69, 9.17) is 11.6 Å². The molecule has 1 unspecified atom stereocenters. The molecule has 1 aromatic rings. The molecular weight excluding hydrogens is 270 g/mol. The van der Waals surface area contributed by atoms with Crippen LogP contribution in [0.25, 0.3) is 0 Å². The zero-order valence-corrected chi connectivity index (χ0v) is 10.7. The largest absolute Gasteiger partial charge is 0.312 e. The maximum absolute atomic E-state index is 5.69. The summed E-state index contributed by atoms with van der Waals surface area (Å²) in [5.74, 6) is 1.27. The number of halogens is 2. The fourth-order valence-electron chi connectivity index (χ4n) is 0.943. The molecule has 0 saturated carbocycles. The van der Waals surface area contributed by atoms with E-state index < -0.39 is 0 Å². The van der Waals surface area contributed by atoms with Crippen molar-refractivity contribution >= 4 is 38.9 Å². The Balaban J connectivity index is 2.20. The van der Waals surface area contributed by atoms with Crippen molar-refractivity contribution < 1.29 is 0 Å². The molecule has 0 amide bonds. The standard InChI is InChI=1S/C9H13BrClNS/c1-7(4-11)5-12-6-8-2-3-9(10)13-8/h2-3,7,12H,4-6H2,1H3. The predicted molar refractivity (Wildman–Crippen MR) is 63.6 cm³/mol. The molecule has 1 N–H and O–H groups in total. The van der Waals surface area contributed by atoms with Crippen molar-refractivity contribution in [3.8, 4) is 0 Å². The highest BCUT2D eigenvalue weighted by molar-refractivity contribution is 9.11. The van der Waals surface area contributed by atoms with Gasteiger partial charge in [0, 0.05) is 17.3 Å². The first-order valence-electron chi connectivity index (χ1n) is 4.23. The van der Waals surface area contributed by atoms with E-state index in [1.807, 2.05) is 0 Å². The van der Waals surface area contributed by atoms with E-state index in [0.29, 0.717) is 5.92 Å². The lowest BCUT2D eigenvalue weighted by molar-refractivity contribution is 0.559. The van der Waals surface area contributed by atoms with Gasteiger partial charge in [0.15, 0.2) is 0 Å². The highest BCUT2D eigenvalue weighted by Gasteiger charge is 2.00. The molecule has 0 aromatic carbocycles. The van der Waals surface area contributed by atoms with E-state index in [0.717, 1.165) is 19.0 Å². The van der Waals surface area contributed by atoms with Crippen LogP contribution in [0.4, 0.5) is 0 Å². The highest BCUT2D eigenvalue weighted by Crippen LogP contribution is 2.21. The Kier molecular flexibility index (Phi) is 5.32. The summed E-state index contributed by atoms with van der Waals surface area (Å²) in [6.45, 7) is 4.07.